The summed E-state index contributed by atoms with van der Waals surface area (Å²) in [5.74, 6) is 0.669. The fraction of sp³-hybridized carbons (Fsp3) is 0.455. The SMILES string of the molecule is Nc1ccccc1C1CCCS(=O)(=O)C1. The topological polar surface area (TPSA) is 60.2 Å². The molecule has 15 heavy (non-hydrogen) atoms. The van der Waals surface area contributed by atoms with Crippen LogP contribution in [0.3, 0.4) is 0 Å². The standard InChI is InChI=1S/C11H15NO2S/c12-11-6-2-1-5-10(11)9-4-3-7-15(13,14)8-9/h1-2,5-6,9H,3-4,7-8,12H2. The van der Waals surface area contributed by atoms with Crippen LogP contribution in [0.1, 0.15) is 24.3 Å². The van der Waals surface area contributed by atoms with Gasteiger partial charge in [-0.2, -0.15) is 0 Å². The first-order valence-electron chi connectivity index (χ1n) is 5.13. The first-order chi connectivity index (χ1) is 7.08. The molecule has 1 atom stereocenters. The van der Waals surface area contributed by atoms with Gasteiger partial charge in [-0.1, -0.05) is 18.2 Å². The van der Waals surface area contributed by atoms with E-state index < -0.39 is 9.84 Å². The largest absolute Gasteiger partial charge is 0.398 e. The molecule has 0 spiro atoms. The maximum absolute atomic E-state index is 11.5. The zero-order valence-electron chi connectivity index (χ0n) is 8.52. The average molecular weight is 225 g/mol. The normalized spacial score (nSPS) is 24.9. The molecule has 82 valence electrons. The van der Waals surface area contributed by atoms with Crippen LogP contribution in [0.5, 0.6) is 0 Å². The van der Waals surface area contributed by atoms with Crippen LogP contribution in [0.25, 0.3) is 0 Å². The van der Waals surface area contributed by atoms with Crippen LogP contribution in [0.4, 0.5) is 5.69 Å². The zero-order valence-corrected chi connectivity index (χ0v) is 9.33. The van der Waals surface area contributed by atoms with Gasteiger partial charge in [0.2, 0.25) is 0 Å². The molecule has 4 heteroatoms. The Hall–Kier alpha value is -1.03. The van der Waals surface area contributed by atoms with E-state index in [1.807, 2.05) is 24.3 Å². The molecule has 0 saturated carbocycles. The summed E-state index contributed by atoms with van der Waals surface area (Å²) in [7, 11) is -2.85. The van der Waals surface area contributed by atoms with Gasteiger partial charge >= 0.3 is 0 Å². The van der Waals surface area contributed by atoms with E-state index >= 15 is 0 Å². The summed E-state index contributed by atoms with van der Waals surface area (Å²) in [6.45, 7) is 0. The molecule has 0 bridgehead atoms. The van der Waals surface area contributed by atoms with Gasteiger partial charge in [0.1, 0.15) is 0 Å². The Balaban J connectivity index is 2.29. The Morgan fingerprint density at radius 1 is 1.27 bits per heavy atom. The van der Waals surface area contributed by atoms with E-state index in [1.54, 1.807) is 0 Å². The van der Waals surface area contributed by atoms with Crippen molar-refractivity contribution < 1.29 is 8.42 Å². The fourth-order valence-corrected chi connectivity index (χ4v) is 3.88. The summed E-state index contributed by atoms with van der Waals surface area (Å²) in [6.07, 6.45) is 1.68. The van der Waals surface area contributed by atoms with Crippen molar-refractivity contribution in [2.24, 2.45) is 0 Å². The van der Waals surface area contributed by atoms with Gasteiger partial charge < -0.3 is 5.73 Å². The Kier molecular flexibility index (Phi) is 2.69. The molecule has 2 rings (SSSR count). The molecule has 2 N–H and O–H groups in total. The third-order valence-electron chi connectivity index (χ3n) is 2.90. The molecule has 3 nitrogen and oxygen atoms in total. The lowest BCUT2D eigenvalue weighted by atomic mass is 9.94. The van der Waals surface area contributed by atoms with E-state index in [0.29, 0.717) is 11.4 Å². The zero-order chi connectivity index (χ0) is 10.9. The van der Waals surface area contributed by atoms with Crippen LogP contribution in [0.2, 0.25) is 0 Å². The fourth-order valence-electron chi connectivity index (χ4n) is 2.15. The van der Waals surface area contributed by atoms with Crippen molar-refractivity contribution in [1.82, 2.24) is 0 Å². The van der Waals surface area contributed by atoms with Gasteiger partial charge in [-0.25, -0.2) is 8.42 Å². The summed E-state index contributed by atoms with van der Waals surface area (Å²) in [6, 6.07) is 7.54. The van der Waals surface area contributed by atoms with E-state index in [4.69, 9.17) is 5.73 Å². The summed E-state index contributed by atoms with van der Waals surface area (Å²) < 4.78 is 23.0. The Labute approximate surface area is 90.2 Å². The van der Waals surface area contributed by atoms with Gasteiger partial charge in [-0.3, -0.25) is 0 Å². The molecule has 0 amide bonds. The minimum absolute atomic E-state index is 0.0879. The quantitative estimate of drug-likeness (QED) is 0.738. The van der Waals surface area contributed by atoms with Crippen LogP contribution in [0, 0.1) is 0 Å². The molecule has 1 aliphatic heterocycles. The first kappa shape index (κ1) is 10.5. The second-order valence-electron chi connectivity index (χ2n) is 4.08. The van der Waals surface area contributed by atoms with Crippen LogP contribution < -0.4 is 5.73 Å². The van der Waals surface area contributed by atoms with Gasteiger partial charge in [0.15, 0.2) is 9.84 Å². The second-order valence-corrected chi connectivity index (χ2v) is 6.31. The molecule has 1 aromatic rings. The third kappa shape index (κ3) is 2.31. The summed E-state index contributed by atoms with van der Waals surface area (Å²) >= 11 is 0. The smallest absolute Gasteiger partial charge is 0.150 e. The number of para-hydroxylation sites is 1. The predicted octanol–water partition coefficient (Wildman–Crippen LogP) is 1.56. The van der Waals surface area contributed by atoms with Crippen molar-refractivity contribution in [2.45, 2.75) is 18.8 Å². The molecular formula is C11H15NO2S. The van der Waals surface area contributed by atoms with Crippen LogP contribution in [0.15, 0.2) is 24.3 Å². The Morgan fingerprint density at radius 2 is 2.00 bits per heavy atom. The van der Waals surface area contributed by atoms with Crippen LogP contribution in [-0.4, -0.2) is 19.9 Å². The third-order valence-corrected chi connectivity index (χ3v) is 4.72. The van der Waals surface area contributed by atoms with Crippen molar-refractivity contribution in [1.29, 1.82) is 0 Å². The van der Waals surface area contributed by atoms with E-state index in [9.17, 15) is 8.42 Å². The van der Waals surface area contributed by atoms with Crippen molar-refractivity contribution in [2.75, 3.05) is 17.2 Å². The maximum atomic E-state index is 11.5. The number of anilines is 1. The Morgan fingerprint density at radius 3 is 2.67 bits per heavy atom. The Bertz CT molecular complexity index is 453. The van der Waals surface area contributed by atoms with Gasteiger partial charge in [0, 0.05) is 5.69 Å². The van der Waals surface area contributed by atoms with E-state index in [0.717, 1.165) is 18.4 Å². The van der Waals surface area contributed by atoms with Crippen molar-refractivity contribution in [3.63, 3.8) is 0 Å². The van der Waals surface area contributed by atoms with E-state index in [-0.39, 0.29) is 11.7 Å². The van der Waals surface area contributed by atoms with Crippen LogP contribution in [-0.2, 0) is 9.84 Å². The minimum Gasteiger partial charge on any atom is -0.398 e. The lowest BCUT2D eigenvalue weighted by molar-refractivity contribution is 0.554. The molecule has 0 aromatic heterocycles. The highest BCUT2D eigenvalue weighted by molar-refractivity contribution is 7.91. The van der Waals surface area contributed by atoms with Crippen LogP contribution >= 0.6 is 0 Å². The van der Waals surface area contributed by atoms with Crippen molar-refractivity contribution in [3.05, 3.63) is 29.8 Å². The van der Waals surface area contributed by atoms with E-state index in [1.165, 1.54) is 0 Å². The number of benzene rings is 1. The highest BCUT2D eigenvalue weighted by Crippen LogP contribution is 2.31. The van der Waals surface area contributed by atoms with Gasteiger partial charge in [-0.15, -0.1) is 0 Å². The molecular weight excluding hydrogens is 210 g/mol. The molecule has 0 radical (unpaired) electrons. The maximum Gasteiger partial charge on any atom is 0.150 e. The first-order valence-corrected chi connectivity index (χ1v) is 6.95. The molecule has 1 aromatic carbocycles. The van der Waals surface area contributed by atoms with Crippen molar-refractivity contribution in [3.8, 4) is 0 Å². The molecule has 1 aliphatic rings. The summed E-state index contributed by atoms with van der Waals surface area (Å²) in [5, 5.41) is 0. The number of nitrogens with two attached hydrogens (primary N) is 1. The monoisotopic (exact) mass is 225 g/mol. The molecule has 0 aliphatic carbocycles. The summed E-state index contributed by atoms with van der Waals surface area (Å²) in [5.41, 5.74) is 7.54. The molecule has 1 fully saturated rings. The number of hydrogen-bond acceptors (Lipinski definition) is 3. The second kappa shape index (κ2) is 3.85. The number of nitrogen functional groups attached to an aromatic ring is 1. The van der Waals surface area contributed by atoms with Gasteiger partial charge in [0.25, 0.3) is 0 Å². The number of hydrogen-bond donors (Lipinski definition) is 1. The highest BCUT2D eigenvalue weighted by atomic mass is 32.2. The predicted molar refractivity (Wildman–Crippen MR) is 61.5 cm³/mol. The van der Waals surface area contributed by atoms with Crippen molar-refractivity contribution >= 4 is 15.5 Å². The highest BCUT2D eigenvalue weighted by Gasteiger charge is 2.26. The lowest BCUT2D eigenvalue weighted by Crippen LogP contribution is -2.24. The molecule has 1 saturated heterocycles. The van der Waals surface area contributed by atoms with E-state index in [2.05, 4.69) is 0 Å². The molecule has 1 unspecified atom stereocenters. The average Bonchev–Trinajstić information content (AvgIpc) is 2.17. The number of rotatable bonds is 1. The summed E-state index contributed by atoms with van der Waals surface area (Å²) in [4.78, 5) is 0. The minimum atomic E-state index is -2.85. The molecule has 1 heterocycles. The number of sulfone groups is 1. The lowest BCUT2D eigenvalue weighted by Gasteiger charge is -2.23. The van der Waals surface area contributed by atoms with Gasteiger partial charge in [-0.05, 0) is 30.4 Å². The van der Waals surface area contributed by atoms with Gasteiger partial charge in [0.05, 0.1) is 11.5 Å².